The first-order chi connectivity index (χ1) is 10.8. The van der Waals surface area contributed by atoms with Crippen LogP contribution in [0.2, 0.25) is 0 Å². The molecule has 2 saturated heterocycles. The van der Waals surface area contributed by atoms with Gasteiger partial charge in [0.15, 0.2) is 0 Å². The average Bonchev–Trinajstić information content (AvgIpc) is 2.91. The topological polar surface area (TPSA) is 38.8 Å². The molecule has 22 heavy (non-hydrogen) atoms. The van der Waals surface area contributed by atoms with E-state index in [2.05, 4.69) is 31.9 Å². The molecule has 2 fully saturated rings. The number of hydrogen-bond donors (Lipinski definition) is 1. The van der Waals surface area contributed by atoms with Gasteiger partial charge in [-0.3, -0.25) is 14.6 Å². The van der Waals surface area contributed by atoms with Gasteiger partial charge in [0.05, 0.1) is 6.54 Å². The third-order valence-corrected chi connectivity index (χ3v) is 5.23. The second-order valence-corrected chi connectivity index (χ2v) is 6.95. The summed E-state index contributed by atoms with van der Waals surface area (Å²) in [7, 11) is 0. The van der Waals surface area contributed by atoms with Crippen molar-refractivity contribution in [1.29, 1.82) is 0 Å². The number of amides is 1. The lowest BCUT2D eigenvalue weighted by molar-refractivity contribution is -0.134. The van der Waals surface area contributed by atoms with Crippen molar-refractivity contribution < 1.29 is 4.79 Å². The minimum atomic E-state index is 0.303. The van der Waals surface area contributed by atoms with E-state index in [1.54, 1.807) is 11.3 Å². The highest BCUT2D eigenvalue weighted by Gasteiger charge is 2.23. The van der Waals surface area contributed by atoms with Gasteiger partial charge < -0.3 is 10.2 Å². The van der Waals surface area contributed by atoms with Gasteiger partial charge in [-0.2, -0.15) is 11.3 Å². The van der Waals surface area contributed by atoms with E-state index < -0.39 is 0 Å². The number of rotatable bonds is 4. The predicted molar refractivity (Wildman–Crippen MR) is 90.1 cm³/mol. The number of thiophene rings is 1. The summed E-state index contributed by atoms with van der Waals surface area (Å²) in [6.07, 6.45) is 1.14. The van der Waals surface area contributed by atoms with E-state index in [1.807, 2.05) is 4.90 Å². The van der Waals surface area contributed by atoms with Gasteiger partial charge >= 0.3 is 0 Å². The molecule has 0 spiro atoms. The highest BCUT2D eigenvalue weighted by atomic mass is 32.1. The maximum absolute atomic E-state index is 12.4. The standard InChI is InChI=1S/C16H26N4OS/c21-16(13-18-5-1-3-17-4-6-18)20-9-7-19(8-10-20)12-15-2-11-22-14-15/h2,11,14,17H,1,3-10,12-13H2. The van der Waals surface area contributed by atoms with Crippen LogP contribution < -0.4 is 5.32 Å². The van der Waals surface area contributed by atoms with E-state index >= 15 is 0 Å². The highest BCUT2D eigenvalue weighted by molar-refractivity contribution is 7.07. The van der Waals surface area contributed by atoms with Gasteiger partial charge in [-0.15, -0.1) is 0 Å². The van der Waals surface area contributed by atoms with Gasteiger partial charge in [0.2, 0.25) is 5.91 Å². The molecule has 0 unspecified atom stereocenters. The van der Waals surface area contributed by atoms with Crippen molar-refractivity contribution >= 4 is 17.2 Å². The fourth-order valence-corrected chi connectivity index (χ4v) is 3.81. The third kappa shape index (κ3) is 4.52. The van der Waals surface area contributed by atoms with Crippen molar-refractivity contribution in [3.05, 3.63) is 22.4 Å². The van der Waals surface area contributed by atoms with E-state index in [0.29, 0.717) is 12.5 Å². The lowest BCUT2D eigenvalue weighted by Gasteiger charge is -2.35. The highest BCUT2D eigenvalue weighted by Crippen LogP contribution is 2.12. The molecular weight excluding hydrogens is 296 g/mol. The molecule has 0 radical (unpaired) electrons. The van der Waals surface area contributed by atoms with Gasteiger partial charge in [0.1, 0.15) is 0 Å². The monoisotopic (exact) mass is 322 g/mol. The summed E-state index contributed by atoms with van der Waals surface area (Å²) < 4.78 is 0. The van der Waals surface area contributed by atoms with Crippen molar-refractivity contribution in [3.63, 3.8) is 0 Å². The van der Waals surface area contributed by atoms with Crippen LogP contribution in [0.4, 0.5) is 0 Å². The van der Waals surface area contributed by atoms with Crippen LogP contribution in [0.1, 0.15) is 12.0 Å². The molecule has 1 N–H and O–H groups in total. The number of hydrogen-bond acceptors (Lipinski definition) is 5. The second-order valence-electron chi connectivity index (χ2n) is 6.17. The van der Waals surface area contributed by atoms with Crippen molar-refractivity contribution in [2.75, 3.05) is 58.9 Å². The lowest BCUT2D eigenvalue weighted by Crippen LogP contribution is -2.51. The van der Waals surface area contributed by atoms with Crippen LogP contribution >= 0.6 is 11.3 Å². The summed E-state index contributed by atoms with van der Waals surface area (Å²) in [6, 6.07) is 2.19. The molecule has 0 aliphatic carbocycles. The van der Waals surface area contributed by atoms with Gasteiger partial charge in [0.25, 0.3) is 0 Å². The normalized spacial score (nSPS) is 21.7. The van der Waals surface area contributed by atoms with Crippen LogP contribution in [-0.4, -0.2) is 79.5 Å². The molecule has 6 heteroatoms. The molecule has 2 aliphatic heterocycles. The van der Waals surface area contributed by atoms with Gasteiger partial charge in [-0.05, 0) is 41.9 Å². The van der Waals surface area contributed by atoms with Crippen LogP contribution in [0.5, 0.6) is 0 Å². The zero-order valence-electron chi connectivity index (χ0n) is 13.2. The predicted octanol–water partition coefficient (Wildman–Crippen LogP) is 0.688. The van der Waals surface area contributed by atoms with Crippen molar-refractivity contribution in [2.45, 2.75) is 13.0 Å². The SMILES string of the molecule is O=C(CN1CCCNCC1)N1CCN(Cc2ccsc2)CC1. The Labute approximate surface area is 136 Å². The van der Waals surface area contributed by atoms with Crippen LogP contribution in [-0.2, 0) is 11.3 Å². The molecular formula is C16H26N4OS. The molecule has 122 valence electrons. The Bertz CT molecular complexity index is 449. The number of carbonyl (C=O) groups excluding carboxylic acids is 1. The van der Waals surface area contributed by atoms with E-state index in [9.17, 15) is 4.79 Å². The fraction of sp³-hybridized carbons (Fsp3) is 0.688. The smallest absolute Gasteiger partial charge is 0.236 e. The Hall–Kier alpha value is -0.950. The summed E-state index contributed by atoms with van der Waals surface area (Å²) in [5.74, 6) is 0.303. The van der Waals surface area contributed by atoms with Crippen molar-refractivity contribution in [1.82, 2.24) is 20.0 Å². The maximum Gasteiger partial charge on any atom is 0.236 e. The number of piperazine rings is 1. The van der Waals surface area contributed by atoms with Gasteiger partial charge in [-0.1, -0.05) is 0 Å². The summed E-state index contributed by atoms with van der Waals surface area (Å²) in [5, 5.41) is 7.73. The Balaban J connectivity index is 1.41. The lowest BCUT2D eigenvalue weighted by atomic mass is 10.2. The second kappa shape index (κ2) is 8.06. The van der Waals surface area contributed by atoms with Crippen LogP contribution in [0, 0.1) is 0 Å². The molecule has 0 bridgehead atoms. The van der Waals surface area contributed by atoms with Crippen LogP contribution in [0.25, 0.3) is 0 Å². The molecule has 1 aromatic rings. The molecule has 0 atom stereocenters. The quantitative estimate of drug-likeness (QED) is 0.885. The number of nitrogens with zero attached hydrogens (tertiary/aromatic N) is 3. The Morgan fingerprint density at radius 1 is 1.09 bits per heavy atom. The molecule has 1 amide bonds. The molecule has 5 nitrogen and oxygen atoms in total. The third-order valence-electron chi connectivity index (χ3n) is 4.50. The van der Waals surface area contributed by atoms with Crippen LogP contribution in [0.15, 0.2) is 16.8 Å². The van der Waals surface area contributed by atoms with E-state index in [-0.39, 0.29) is 0 Å². The van der Waals surface area contributed by atoms with Crippen LogP contribution in [0.3, 0.4) is 0 Å². The summed E-state index contributed by atoms with van der Waals surface area (Å²) in [6.45, 7) is 9.43. The molecule has 0 aromatic carbocycles. The summed E-state index contributed by atoms with van der Waals surface area (Å²) >= 11 is 1.75. The molecule has 0 saturated carbocycles. The number of carbonyl (C=O) groups is 1. The largest absolute Gasteiger partial charge is 0.339 e. The Morgan fingerprint density at radius 3 is 2.73 bits per heavy atom. The summed E-state index contributed by atoms with van der Waals surface area (Å²) in [4.78, 5) is 19.2. The molecule has 3 rings (SSSR count). The zero-order chi connectivity index (χ0) is 15.2. The van der Waals surface area contributed by atoms with Gasteiger partial charge in [0, 0.05) is 45.8 Å². The average molecular weight is 322 g/mol. The van der Waals surface area contributed by atoms with E-state index in [4.69, 9.17) is 0 Å². The van der Waals surface area contributed by atoms with Crippen molar-refractivity contribution in [3.8, 4) is 0 Å². The van der Waals surface area contributed by atoms with Crippen molar-refractivity contribution in [2.24, 2.45) is 0 Å². The van der Waals surface area contributed by atoms with E-state index in [0.717, 1.165) is 65.3 Å². The Morgan fingerprint density at radius 2 is 1.95 bits per heavy atom. The first kappa shape index (κ1) is 15.9. The number of nitrogens with one attached hydrogen (secondary N) is 1. The first-order valence-electron chi connectivity index (χ1n) is 8.25. The molecule has 1 aromatic heterocycles. The van der Waals surface area contributed by atoms with Gasteiger partial charge in [-0.25, -0.2) is 0 Å². The minimum absolute atomic E-state index is 0.303. The maximum atomic E-state index is 12.4. The molecule has 2 aliphatic rings. The summed E-state index contributed by atoms with van der Waals surface area (Å²) in [5.41, 5.74) is 1.39. The zero-order valence-corrected chi connectivity index (χ0v) is 14.0. The first-order valence-corrected chi connectivity index (χ1v) is 9.20. The fourth-order valence-electron chi connectivity index (χ4n) is 3.15. The minimum Gasteiger partial charge on any atom is -0.339 e. The Kier molecular flexibility index (Phi) is 5.83. The molecule has 3 heterocycles. The van der Waals surface area contributed by atoms with E-state index in [1.165, 1.54) is 5.56 Å².